The number of amides is 1. The van der Waals surface area contributed by atoms with Crippen LogP contribution in [0.15, 0.2) is 59.5 Å². The molecule has 1 aliphatic carbocycles. The van der Waals surface area contributed by atoms with Gasteiger partial charge in [-0.3, -0.25) is 4.79 Å². The summed E-state index contributed by atoms with van der Waals surface area (Å²) in [6, 6.07) is 12.9. The van der Waals surface area contributed by atoms with Crippen LogP contribution in [0.25, 0.3) is 0 Å². The summed E-state index contributed by atoms with van der Waals surface area (Å²) in [6.07, 6.45) is -2.56. The topological polar surface area (TPSA) is 75.3 Å². The first kappa shape index (κ1) is 31.1. The molecule has 9 heteroatoms. The highest BCUT2D eigenvalue weighted by molar-refractivity contribution is 7.89. The average molecular weight is 567 g/mol. The normalized spacial score (nSPS) is 20.1. The van der Waals surface area contributed by atoms with Crippen LogP contribution in [-0.2, 0) is 21.0 Å². The number of carbonyl (C=O) groups excluding carboxylic acids is 1. The highest BCUT2D eigenvalue weighted by Gasteiger charge is 2.42. The first-order valence-electron chi connectivity index (χ1n) is 13.4. The molecule has 1 aliphatic rings. The van der Waals surface area contributed by atoms with Gasteiger partial charge in [0.25, 0.3) is 0 Å². The van der Waals surface area contributed by atoms with Crippen LogP contribution in [0, 0.1) is 22.7 Å². The summed E-state index contributed by atoms with van der Waals surface area (Å²) in [6.45, 7) is 13.2. The zero-order chi connectivity index (χ0) is 29.2. The number of hydrogen-bond donors (Lipinski definition) is 2. The highest BCUT2D eigenvalue weighted by Crippen LogP contribution is 2.47. The van der Waals surface area contributed by atoms with Crippen LogP contribution < -0.4 is 10.0 Å². The molecular weight excluding hydrogens is 525 g/mol. The molecule has 0 aliphatic heterocycles. The zero-order valence-corrected chi connectivity index (χ0v) is 24.4. The van der Waals surface area contributed by atoms with Crippen molar-refractivity contribution in [3.63, 3.8) is 0 Å². The smallest absolute Gasteiger partial charge is 0.349 e. The minimum atomic E-state index is -4.53. The van der Waals surface area contributed by atoms with Crippen LogP contribution in [0.2, 0.25) is 0 Å². The van der Waals surface area contributed by atoms with Crippen molar-refractivity contribution in [3.05, 3.63) is 65.7 Å². The van der Waals surface area contributed by atoms with Crippen LogP contribution in [0.4, 0.5) is 13.2 Å². The van der Waals surface area contributed by atoms with Crippen molar-refractivity contribution in [2.24, 2.45) is 22.7 Å². The summed E-state index contributed by atoms with van der Waals surface area (Å²) in [5, 5.41) is 3.35. The second-order valence-electron chi connectivity index (χ2n) is 12.8. The third kappa shape index (κ3) is 8.07. The fourth-order valence-electron chi connectivity index (χ4n) is 6.17. The van der Waals surface area contributed by atoms with Gasteiger partial charge in [-0.1, -0.05) is 71.9 Å². The van der Waals surface area contributed by atoms with E-state index in [2.05, 4.69) is 51.6 Å². The Morgan fingerprint density at radius 3 is 1.79 bits per heavy atom. The quantitative estimate of drug-likeness (QED) is 0.375. The van der Waals surface area contributed by atoms with E-state index in [9.17, 15) is 26.4 Å². The Bertz CT molecular complexity index is 1190. The maximum atomic E-state index is 13.5. The maximum Gasteiger partial charge on any atom is 0.416 e. The van der Waals surface area contributed by atoms with E-state index in [1.54, 1.807) is 0 Å². The van der Waals surface area contributed by atoms with Crippen molar-refractivity contribution in [3.8, 4) is 0 Å². The van der Waals surface area contributed by atoms with Gasteiger partial charge in [-0.2, -0.15) is 13.2 Å². The molecule has 0 unspecified atom stereocenters. The number of carbonyl (C=O) groups is 1. The molecule has 0 radical (unpaired) electrons. The van der Waals surface area contributed by atoms with Gasteiger partial charge in [0.2, 0.25) is 15.9 Å². The number of alkyl halides is 3. The van der Waals surface area contributed by atoms with Crippen molar-refractivity contribution in [1.82, 2.24) is 10.0 Å². The fraction of sp³-hybridized carbons (Fsp3) is 0.567. The summed E-state index contributed by atoms with van der Waals surface area (Å²) in [5.74, 6) is -0.141. The third-order valence-electron chi connectivity index (χ3n) is 7.57. The minimum Gasteiger partial charge on any atom is -0.349 e. The van der Waals surface area contributed by atoms with Crippen LogP contribution in [0.1, 0.15) is 84.4 Å². The Balaban J connectivity index is 1.68. The Morgan fingerprint density at radius 2 is 1.33 bits per heavy atom. The van der Waals surface area contributed by atoms with Gasteiger partial charge < -0.3 is 5.32 Å². The van der Waals surface area contributed by atoms with Gasteiger partial charge in [0, 0.05) is 12.0 Å². The lowest BCUT2D eigenvalue weighted by molar-refractivity contribution is -0.137. The highest BCUT2D eigenvalue weighted by atomic mass is 32.2. The monoisotopic (exact) mass is 566 g/mol. The Labute approximate surface area is 231 Å². The van der Waals surface area contributed by atoms with E-state index in [1.165, 1.54) is 0 Å². The fourth-order valence-corrected chi connectivity index (χ4v) is 7.48. The maximum absolute atomic E-state index is 13.5. The second-order valence-corrected chi connectivity index (χ2v) is 14.5. The first-order chi connectivity index (χ1) is 17.9. The van der Waals surface area contributed by atoms with E-state index >= 15 is 0 Å². The second kappa shape index (κ2) is 11.6. The molecule has 3 rings (SSSR count). The Kier molecular flexibility index (Phi) is 9.27. The molecule has 1 fully saturated rings. The molecule has 1 atom stereocenters. The molecule has 2 aromatic rings. The van der Waals surface area contributed by atoms with E-state index < -0.39 is 21.8 Å². The SMILES string of the molecule is CC(C)(C)C([C@H](NC(=O)C1CCC(NS(=O)(=O)c2ccc(C(F)(F)F)cc2)CC1)c1ccccc1)C(C)(C)C. The van der Waals surface area contributed by atoms with Gasteiger partial charge >= 0.3 is 6.18 Å². The van der Waals surface area contributed by atoms with Crippen molar-refractivity contribution >= 4 is 15.9 Å². The molecule has 5 nitrogen and oxygen atoms in total. The molecule has 0 bridgehead atoms. The summed E-state index contributed by atoms with van der Waals surface area (Å²) >= 11 is 0. The van der Waals surface area contributed by atoms with Gasteiger partial charge in [0.15, 0.2) is 0 Å². The predicted octanol–water partition coefficient (Wildman–Crippen LogP) is 7.11. The van der Waals surface area contributed by atoms with Crippen molar-refractivity contribution in [2.45, 2.75) is 90.4 Å². The number of nitrogens with one attached hydrogen (secondary N) is 2. The van der Waals surface area contributed by atoms with Crippen LogP contribution in [0.5, 0.6) is 0 Å². The van der Waals surface area contributed by atoms with Gasteiger partial charge in [0.05, 0.1) is 16.5 Å². The summed E-state index contributed by atoms with van der Waals surface area (Å²) < 4.78 is 66.6. The molecule has 216 valence electrons. The van der Waals surface area contributed by atoms with E-state index in [4.69, 9.17) is 0 Å². The summed E-state index contributed by atoms with van der Waals surface area (Å²) in [7, 11) is -3.98. The number of halogens is 3. The van der Waals surface area contributed by atoms with Crippen molar-refractivity contribution in [1.29, 1.82) is 0 Å². The minimum absolute atomic E-state index is 0.0357. The Morgan fingerprint density at radius 1 is 0.821 bits per heavy atom. The van der Waals surface area contributed by atoms with Crippen molar-refractivity contribution in [2.75, 3.05) is 0 Å². The standard InChI is InChI=1S/C30H41F3N2O3S/c1-28(2,3)26(29(4,5)6)25(20-10-8-7-9-11-20)34-27(36)21-12-16-23(17-13-21)35-39(37,38)24-18-14-22(15-19-24)30(31,32)33/h7-11,14-15,18-19,21,23,25-26,35H,12-13,16-17H2,1-6H3,(H,34,36)/t21?,23?,25-/m1/s1. The average Bonchev–Trinajstić information content (AvgIpc) is 2.82. The van der Waals surface area contributed by atoms with Gasteiger partial charge in [-0.15, -0.1) is 0 Å². The molecular formula is C30H41F3N2O3S. The molecule has 0 spiro atoms. The molecule has 0 aromatic heterocycles. The van der Waals surface area contributed by atoms with Gasteiger partial charge in [-0.05, 0) is 72.3 Å². The van der Waals surface area contributed by atoms with Crippen LogP contribution >= 0.6 is 0 Å². The van der Waals surface area contributed by atoms with Gasteiger partial charge in [-0.25, -0.2) is 13.1 Å². The lowest BCUT2D eigenvalue weighted by Crippen LogP contribution is -2.47. The molecule has 2 aromatic carbocycles. The lowest BCUT2D eigenvalue weighted by Gasteiger charge is -2.46. The number of rotatable bonds is 7. The number of benzene rings is 2. The Hall–Kier alpha value is -2.39. The lowest BCUT2D eigenvalue weighted by atomic mass is 9.62. The summed E-state index contributed by atoms with van der Waals surface area (Å²) in [4.78, 5) is 13.3. The third-order valence-corrected chi connectivity index (χ3v) is 9.10. The first-order valence-corrected chi connectivity index (χ1v) is 14.9. The number of sulfonamides is 1. The molecule has 39 heavy (non-hydrogen) atoms. The predicted molar refractivity (Wildman–Crippen MR) is 147 cm³/mol. The van der Waals surface area contributed by atoms with Crippen molar-refractivity contribution < 1.29 is 26.4 Å². The molecule has 1 saturated carbocycles. The van der Waals surface area contributed by atoms with E-state index in [0.29, 0.717) is 25.7 Å². The van der Waals surface area contributed by atoms with Crippen LogP contribution in [0.3, 0.4) is 0 Å². The largest absolute Gasteiger partial charge is 0.416 e. The molecule has 0 heterocycles. The zero-order valence-electron chi connectivity index (χ0n) is 23.6. The number of hydrogen-bond acceptors (Lipinski definition) is 3. The summed E-state index contributed by atoms with van der Waals surface area (Å²) in [5.41, 5.74) is -0.0128. The van der Waals surface area contributed by atoms with E-state index in [1.807, 2.05) is 30.3 Å². The van der Waals surface area contributed by atoms with E-state index in [0.717, 1.165) is 29.8 Å². The molecule has 0 saturated heterocycles. The molecule has 1 amide bonds. The van der Waals surface area contributed by atoms with E-state index in [-0.39, 0.29) is 45.6 Å². The van der Waals surface area contributed by atoms with Crippen LogP contribution in [-0.4, -0.2) is 20.4 Å². The van der Waals surface area contributed by atoms with Gasteiger partial charge in [0.1, 0.15) is 0 Å². The molecule has 2 N–H and O–H groups in total.